The summed E-state index contributed by atoms with van der Waals surface area (Å²) in [7, 11) is 3.65. The average molecular weight is 213 g/mol. The lowest BCUT2D eigenvalue weighted by Crippen LogP contribution is -2.22. The minimum atomic E-state index is 0.251. The van der Waals surface area contributed by atoms with E-state index in [0.717, 1.165) is 24.2 Å². The van der Waals surface area contributed by atoms with Crippen LogP contribution in [-0.4, -0.2) is 24.9 Å². The Balaban J connectivity index is 3.87. The van der Waals surface area contributed by atoms with Crippen LogP contribution in [0.2, 0.25) is 0 Å². The molecule has 0 aromatic carbocycles. The van der Waals surface area contributed by atoms with Crippen molar-refractivity contribution in [2.75, 3.05) is 14.1 Å². The monoisotopic (exact) mass is 213 g/mol. The first-order chi connectivity index (χ1) is 6.86. The summed E-state index contributed by atoms with van der Waals surface area (Å²) < 4.78 is 0. The van der Waals surface area contributed by atoms with Gasteiger partial charge in [0.05, 0.1) is 0 Å². The van der Waals surface area contributed by atoms with Gasteiger partial charge in [0, 0.05) is 20.5 Å². The van der Waals surface area contributed by atoms with Gasteiger partial charge in [-0.1, -0.05) is 27.7 Å². The van der Waals surface area contributed by atoms with Crippen molar-refractivity contribution in [2.24, 2.45) is 17.8 Å². The maximum Gasteiger partial charge on any atom is 0.222 e. The van der Waals surface area contributed by atoms with E-state index < -0.39 is 0 Å². The first-order valence-electron chi connectivity index (χ1n) is 6.06. The van der Waals surface area contributed by atoms with Gasteiger partial charge >= 0.3 is 0 Å². The van der Waals surface area contributed by atoms with E-state index in [1.807, 2.05) is 14.1 Å². The topological polar surface area (TPSA) is 20.3 Å². The molecule has 15 heavy (non-hydrogen) atoms. The van der Waals surface area contributed by atoms with Gasteiger partial charge in [-0.3, -0.25) is 4.79 Å². The summed E-state index contributed by atoms with van der Waals surface area (Å²) in [6.07, 6.45) is 2.90. The Morgan fingerprint density at radius 1 is 1.07 bits per heavy atom. The molecule has 0 saturated heterocycles. The molecular weight excluding hydrogens is 186 g/mol. The second kappa shape index (κ2) is 6.86. The lowest BCUT2D eigenvalue weighted by Gasteiger charge is -2.24. The molecule has 0 N–H and O–H groups in total. The minimum Gasteiger partial charge on any atom is -0.349 e. The van der Waals surface area contributed by atoms with Gasteiger partial charge in [-0.15, -0.1) is 0 Å². The third-order valence-corrected chi connectivity index (χ3v) is 3.14. The van der Waals surface area contributed by atoms with E-state index >= 15 is 0 Å². The lowest BCUT2D eigenvalue weighted by atomic mass is 9.82. The highest BCUT2D eigenvalue weighted by atomic mass is 16.2. The molecule has 0 rings (SSSR count). The molecule has 0 heterocycles. The molecule has 0 aliphatic heterocycles. The van der Waals surface area contributed by atoms with Gasteiger partial charge in [0.15, 0.2) is 0 Å². The fraction of sp³-hybridized carbons (Fsp3) is 0.923. The van der Waals surface area contributed by atoms with Crippen LogP contribution in [0.1, 0.15) is 47.0 Å². The maximum atomic E-state index is 11.4. The Hall–Kier alpha value is -0.530. The van der Waals surface area contributed by atoms with Gasteiger partial charge in [0.1, 0.15) is 0 Å². The van der Waals surface area contributed by atoms with Gasteiger partial charge in [-0.2, -0.15) is 0 Å². The fourth-order valence-corrected chi connectivity index (χ4v) is 2.15. The predicted molar refractivity (Wildman–Crippen MR) is 65.7 cm³/mol. The smallest absolute Gasteiger partial charge is 0.222 e. The van der Waals surface area contributed by atoms with Gasteiger partial charge in [-0.05, 0) is 30.6 Å². The molecular formula is C13H27NO. The van der Waals surface area contributed by atoms with Crippen LogP contribution in [-0.2, 0) is 4.79 Å². The van der Waals surface area contributed by atoms with Crippen LogP contribution in [0.3, 0.4) is 0 Å². The first kappa shape index (κ1) is 14.5. The zero-order chi connectivity index (χ0) is 12.0. The van der Waals surface area contributed by atoms with E-state index in [-0.39, 0.29) is 5.91 Å². The molecule has 0 radical (unpaired) electrons. The summed E-state index contributed by atoms with van der Waals surface area (Å²) in [6.45, 7) is 9.10. The summed E-state index contributed by atoms with van der Waals surface area (Å²) >= 11 is 0. The molecule has 2 heteroatoms. The van der Waals surface area contributed by atoms with Crippen molar-refractivity contribution in [1.82, 2.24) is 4.90 Å². The normalized spacial score (nSPS) is 11.5. The SMILES string of the molecule is CC(C)C(CCCC(=O)N(C)C)C(C)C. The number of nitrogens with zero attached hydrogens (tertiary/aromatic N) is 1. The Labute approximate surface area is 95.0 Å². The first-order valence-corrected chi connectivity index (χ1v) is 6.06. The standard InChI is InChI=1S/C13H27NO/c1-10(2)12(11(3)4)8-7-9-13(15)14(5)6/h10-12H,7-9H2,1-6H3. The van der Waals surface area contributed by atoms with Crippen molar-refractivity contribution in [2.45, 2.75) is 47.0 Å². The Morgan fingerprint density at radius 3 is 1.87 bits per heavy atom. The van der Waals surface area contributed by atoms with Crippen molar-refractivity contribution >= 4 is 5.91 Å². The van der Waals surface area contributed by atoms with Crippen molar-refractivity contribution in [1.29, 1.82) is 0 Å². The molecule has 0 aliphatic carbocycles. The number of hydrogen-bond donors (Lipinski definition) is 0. The maximum absolute atomic E-state index is 11.4. The van der Waals surface area contributed by atoms with Gasteiger partial charge in [-0.25, -0.2) is 0 Å². The summed E-state index contributed by atoms with van der Waals surface area (Å²) in [5.74, 6) is 2.44. The Morgan fingerprint density at radius 2 is 1.53 bits per heavy atom. The molecule has 90 valence electrons. The zero-order valence-corrected chi connectivity index (χ0v) is 11.2. The predicted octanol–water partition coefficient (Wildman–Crippen LogP) is 3.17. The van der Waals surface area contributed by atoms with E-state index in [2.05, 4.69) is 27.7 Å². The molecule has 2 nitrogen and oxygen atoms in total. The number of carbonyl (C=O) groups is 1. The minimum absolute atomic E-state index is 0.251. The van der Waals surface area contributed by atoms with Crippen LogP contribution in [0.4, 0.5) is 0 Å². The van der Waals surface area contributed by atoms with Crippen LogP contribution in [0.15, 0.2) is 0 Å². The summed E-state index contributed by atoms with van der Waals surface area (Å²) in [4.78, 5) is 13.1. The van der Waals surface area contributed by atoms with E-state index in [1.54, 1.807) is 4.90 Å². The van der Waals surface area contributed by atoms with Crippen molar-refractivity contribution in [3.63, 3.8) is 0 Å². The van der Waals surface area contributed by atoms with Crippen molar-refractivity contribution < 1.29 is 4.79 Å². The number of amides is 1. The zero-order valence-electron chi connectivity index (χ0n) is 11.2. The van der Waals surface area contributed by atoms with E-state index in [4.69, 9.17) is 0 Å². The molecule has 0 aromatic heterocycles. The summed E-state index contributed by atoms with van der Waals surface area (Å²) in [5, 5.41) is 0. The van der Waals surface area contributed by atoms with Gasteiger partial charge in [0.2, 0.25) is 5.91 Å². The van der Waals surface area contributed by atoms with Crippen molar-refractivity contribution in [3.8, 4) is 0 Å². The van der Waals surface area contributed by atoms with E-state index in [1.165, 1.54) is 6.42 Å². The van der Waals surface area contributed by atoms with Crippen LogP contribution in [0.5, 0.6) is 0 Å². The second-order valence-corrected chi connectivity index (χ2v) is 5.33. The highest BCUT2D eigenvalue weighted by Gasteiger charge is 2.17. The number of hydrogen-bond acceptors (Lipinski definition) is 1. The summed E-state index contributed by atoms with van der Waals surface area (Å²) in [6, 6.07) is 0. The highest BCUT2D eigenvalue weighted by Crippen LogP contribution is 2.25. The van der Waals surface area contributed by atoms with Crippen LogP contribution in [0, 0.1) is 17.8 Å². The summed E-state index contributed by atoms with van der Waals surface area (Å²) in [5.41, 5.74) is 0. The average Bonchev–Trinajstić information content (AvgIpc) is 2.10. The molecule has 0 saturated carbocycles. The van der Waals surface area contributed by atoms with Crippen LogP contribution >= 0.6 is 0 Å². The van der Waals surface area contributed by atoms with Crippen LogP contribution in [0.25, 0.3) is 0 Å². The third kappa shape index (κ3) is 5.81. The Kier molecular flexibility index (Phi) is 6.62. The van der Waals surface area contributed by atoms with Gasteiger partial charge < -0.3 is 4.90 Å². The fourth-order valence-electron chi connectivity index (χ4n) is 2.15. The lowest BCUT2D eigenvalue weighted by molar-refractivity contribution is -0.128. The van der Waals surface area contributed by atoms with E-state index in [0.29, 0.717) is 6.42 Å². The quantitative estimate of drug-likeness (QED) is 0.663. The molecule has 0 bridgehead atoms. The second-order valence-electron chi connectivity index (χ2n) is 5.33. The molecule has 0 atom stereocenters. The number of carbonyl (C=O) groups excluding carboxylic acids is 1. The number of rotatable bonds is 6. The third-order valence-electron chi connectivity index (χ3n) is 3.14. The molecule has 1 amide bonds. The highest BCUT2D eigenvalue weighted by molar-refractivity contribution is 5.75. The van der Waals surface area contributed by atoms with Crippen molar-refractivity contribution in [3.05, 3.63) is 0 Å². The van der Waals surface area contributed by atoms with Gasteiger partial charge in [0.25, 0.3) is 0 Å². The molecule has 0 aromatic rings. The molecule has 0 spiro atoms. The van der Waals surface area contributed by atoms with Crippen LogP contribution < -0.4 is 0 Å². The molecule has 0 aliphatic rings. The largest absolute Gasteiger partial charge is 0.349 e. The molecule has 0 unspecified atom stereocenters. The Bertz CT molecular complexity index is 177. The van der Waals surface area contributed by atoms with E-state index in [9.17, 15) is 4.79 Å². The molecule has 0 fully saturated rings.